The van der Waals surface area contributed by atoms with Crippen LogP contribution >= 0.6 is 0 Å². The van der Waals surface area contributed by atoms with Crippen molar-refractivity contribution in [3.8, 4) is 0 Å². The minimum Gasteiger partial charge on any atom is -0.396 e. The highest BCUT2D eigenvalue weighted by Crippen LogP contribution is 2.43. The highest BCUT2D eigenvalue weighted by Gasteiger charge is 2.36. The van der Waals surface area contributed by atoms with Gasteiger partial charge in [0, 0.05) is 13.2 Å². The van der Waals surface area contributed by atoms with Crippen molar-refractivity contribution < 1.29 is 10.0 Å². The fourth-order valence-corrected chi connectivity index (χ4v) is 2.31. The molecule has 0 aliphatic heterocycles. The lowest BCUT2D eigenvalue weighted by atomic mass is 9.67. The predicted molar refractivity (Wildman–Crippen MR) is 69.6 cm³/mol. The Labute approximate surface area is 110 Å². The van der Waals surface area contributed by atoms with E-state index in [1.807, 2.05) is 0 Å². The lowest BCUT2D eigenvalue weighted by Crippen LogP contribution is -2.37. The van der Waals surface area contributed by atoms with Crippen molar-refractivity contribution in [3.63, 3.8) is 0 Å². The minimum absolute atomic E-state index is 0.0919. The molecule has 2 rings (SSSR count). The van der Waals surface area contributed by atoms with E-state index in [2.05, 4.69) is 15.3 Å². The third kappa shape index (κ3) is 2.90. The van der Waals surface area contributed by atoms with Crippen LogP contribution in [0.4, 0.5) is 17.5 Å². The van der Waals surface area contributed by atoms with Crippen LogP contribution in [0.25, 0.3) is 0 Å². The Hall–Kier alpha value is -1.96. The molecule has 1 heterocycles. The van der Waals surface area contributed by atoms with Crippen molar-refractivity contribution in [2.45, 2.75) is 25.7 Å². The molecule has 0 unspecified atom stereocenters. The Morgan fingerprint density at radius 3 is 2.79 bits per heavy atom. The molecule has 4 N–H and O–H groups in total. The van der Waals surface area contributed by atoms with Gasteiger partial charge in [-0.25, -0.2) is 4.98 Å². The van der Waals surface area contributed by atoms with Gasteiger partial charge in [0.15, 0.2) is 0 Å². The average Bonchev–Trinajstić information content (AvgIpc) is 2.32. The van der Waals surface area contributed by atoms with Crippen molar-refractivity contribution >= 4 is 17.5 Å². The molecule has 1 fully saturated rings. The van der Waals surface area contributed by atoms with E-state index < -0.39 is 4.92 Å². The summed E-state index contributed by atoms with van der Waals surface area (Å²) in [4.78, 5) is 17.7. The number of aliphatic hydroxyl groups is 1. The zero-order valence-corrected chi connectivity index (χ0v) is 10.5. The largest absolute Gasteiger partial charge is 0.396 e. The maximum atomic E-state index is 10.6. The van der Waals surface area contributed by atoms with Crippen molar-refractivity contribution in [1.29, 1.82) is 0 Å². The number of hydrogen-bond acceptors (Lipinski definition) is 7. The third-order valence-electron chi connectivity index (χ3n) is 3.67. The Morgan fingerprint density at radius 2 is 2.32 bits per heavy atom. The van der Waals surface area contributed by atoms with E-state index in [0.29, 0.717) is 6.54 Å². The van der Waals surface area contributed by atoms with Gasteiger partial charge < -0.3 is 16.2 Å². The highest BCUT2D eigenvalue weighted by molar-refractivity contribution is 5.53. The van der Waals surface area contributed by atoms with Crippen molar-refractivity contribution in [2.24, 2.45) is 5.41 Å². The molecule has 0 spiro atoms. The highest BCUT2D eigenvalue weighted by atomic mass is 16.6. The summed E-state index contributed by atoms with van der Waals surface area (Å²) >= 11 is 0. The molecular weight excluding hydrogens is 250 g/mol. The van der Waals surface area contributed by atoms with Crippen LogP contribution in [0.3, 0.4) is 0 Å². The number of aromatic nitrogens is 2. The van der Waals surface area contributed by atoms with Crippen LogP contribution in [0.15, 0.2) is 6.20 Å². The summed E-state index contributed by atoms with van der Waals surface area (Å²) in [6.07, 6.45) is 5.11. The molecule has 8 nitrogen and oxygen atoms in total. The van der Waals surface area contributed by atoms with Crippen LogP contribution in [0, 0.1) is 15.5 Å². The number of nitrogens with one attached hydrogen (secondary N) is 1. The van der Waals surface area contributed by atoms with E-state index in [-0.39, 0.29) is 29.5 Å². The number of nitrogen functional groups attached to an aromatic ring is 1. The van der Waals surface area contributed by atoms with Gasteiger partial charge in [-0.15, -0.1) is 0 Å². The first-order valence-electron chi connectivity index (χ1n) is 6.18. The number of rotatable bonds is 6. The van der Waals surface area contributed by atoms with Crippen LogP contribution < -0.4 is 11.1 Å². The molecule has 19 heavy (non-hydrogen) atoms. The third-order valence-corrected chi connectivity index (χ3v) is 3.67. The second-order valence-electron chi connectivity index (χ2n) is 4.90. The molecule has 1 aromatic rings. The van der Waals surface area contributed by atoms with Crippen LogP contribution in [0.2, 0.25) is 0 Å². The van der Waals surface area contributed by atoms with Crippen LogP contribution in [0.5, 0.6) is 0 Å². The number of hydrogen-bond donors (Lipinski definition) is 3. The minimum atomic E-state index is -0.613. The molecule has 1 aliphatic rings. The Morgan fingerprint density at radius 1 is 1.58 bits per heavy atom. The molecule has 0 radical (unpaired) electrons. The SMILES string of the molecule is Nc1nc(NCC2(CCO)CCC2)ncc1[N+](=O)[O-]. The molecule has 0 aromatic carbocycles. The molecule has 0 amide bonds. The molecule has 1 aromatic heterocycles. The smallest absolute Gasteiger partial charge is 0.329 e. The summed E-state index contributed by atoms with van der Waals surface area (Å²) in [7, 11) is 0. The van der Waals surface area contributed by atoms with Crippen molar-refractivity contribution in [1.82, 2.24) is 9.97 Å². The van der Waals surface area contributed by atoms with Gasteiger partial charge in [-0.1, -0.05) is 6.42 Å². The van der Waals surface area contributed by atoms with Gasteiger partial charge in [-0.2, -0.15) is 4.98 Å². The molecular formula is C11H17N5O3. The number of nitrogens with two attached hydrogens (primary N) is 1. The van der Waals surface area contributed by atoms with Crippen molar-refractivity contribution in [2.75, 3.05) is 24.2 Å². The van der Waals surface area contributed by atoms with Crippen LogP contribution in [0.1, 0.15) is 25.7 Å². The van der Waals surface area contributed by atoms with Gasteiger partial charge in [-0.05, 0) is 24.7 Å². The van der Waals surface area contributed by atoms with Crippen LogP contribution in [-0.2, 0) is 0 Å². The van der Waals surface area contributed by atoms with E-state index in [0.717, 1.165) is 31.9 Å². The molecule has 1 aliphatic carbocycles. The zero-order valence-electron chi connectivity index (χ0n) is 10.5. The summed E-state index contributed by atoms with van der Waals surface area (Å²) in [5, 5.41) is 22.7. The molecule has 8 heteroatoms. The summed E-state index contributed by atoms with van der Waals surface area (Å²) in [6.45, 7) is 0.801. The number of nitrogens with zero attached hydrogens (tertiary/aromatic N) is 3. The Bertz CT molecular complexity index is 475. The number of nitro groups is 1. The topological polar surface area (TPSA) is 127 Å². The van der Waals surface area contributed by atoms with Crippen LogP contribution in [-0.4, -0.2) is 33.1 Å². The van der Waals surface area contributed by atoms with Gasteiger partial charge >= 0.3 is 5.69 Å². The van der Waals surface area contributed by atoms with Crippen molar-refractivity contribution in [3.05, 3.63) is 16.3 Å². The quantitative estimate of drug-likeness (QED) is 0.516. The molecule has 0 atom stereocenters. The van der Waals surface area contributed by atoms with Gasteiger partial charge in [0.1, 0.15) is 6.20 Å². The van der Waals surface area contributed by atoms with E-state index >= 15 is 0 Å². The first-order chi connectivity index (χ1) is 9.06. The fraction of sp³-hybridized carbons (Fsp3) is 0.636. The summed E-state index contributed by atoms with van der Waals surface area (Å²) in [5.74, 6) is 0.139. The standard InChI is InChI=1S/C11H17N5O3/c12-9-8(16(18)19)6-13-10(15-9)14-7-11(4-5-17)2-1-3-11/h6,17H,1-5,7H2,(H3,12,13,14,15). The molecule has 1 saturated carbocycles. The number of aliphatic hydroxyl groups excluding tert-OH is 1. The van der Waals surface area contributed by atoms with Gasteiger partial charge in [0.25, 0.3) is 0 Å². The van der Waals surface area contributed by atoms with E-state index in [4.69, 9.17) is 10.8 Å². The molecule has 104 valence electrons. The lowest BCUT2D eigenvalue weighted by molar-refractivity contribution is -0.384. The monoisotopic (exact) mass is 267 g/mol. The Kier molecular flexibility index (Phi) is 3.79. The van der Waals surface area contributed by atoms with Gasteiger partial charge in [0.05, 0.1) is 4.92 Å². The molecule has 0 saturated heterocycles. The average molecular weight is 267 g/mol. The second kappa shape index (κ2) is 5.35. The maximum absolute atomic E-state index is 10.6. The zero-order chi connectivity index (χ0) is 13.9. The fourth-order valence-electron chi connectivity index (χ4n) is 2.31. The van der Waals surface area contributed by atoms with E-state index in [1.54, 1.807) is 0 Å². The predicted octanol–water partition coefficient (Wildman–Crippen LogP) is 0.932. The van der Waals surface area contributed by atoms with E-state index in [1.165, 1.54) is 0 Å². The summed E-state index contributed by atoms with van der Waals surface area (Å²) in [6, 6.07) is 0. The normalized spacial score (nSPS) is 16.7. The molecule has 0 bridgehead atoms. The van der Waals surface area contributed by atoms with Gasteiger partial charge in [0.2, 0.25) is 11.8 Å². The second-order valence-corrected chi connectivity index (χ2v) is 4.90. The number of anilines is 2. The summed E-state index contributed by atoms with van der Waals surface area (Å²) < 4.78 is 0. The Balaban J connectivity index is 2.00. The lowest BCUT2D eigenvalue weighted by Gasteiger charge is -2.41. The summed E-state index contributed by atoms with van der Waals surface area (Å²) in [5.41, 5.74) is 5.29. The first-order valence-corrected chi connectivity index (χ1v) is 6.18. The van der Waals surface area contributed by atoms with Gasteiger partial charge in [-0.3, -0.25) is 10.1 Å². The van der Waals surface area contributed by atoms with E-state index in [9.17, 15) is 10.1 Å². The maximum Gasteiger partial charge on any atom is 0.329 e. The first kappa shape index (κ1) is 13.5.